The fraction of sp³-hybridized carbons (Fsp3) is 0.167. The van der Waals surface area contributed by atoms with Gasteiger partial charge in [0.25, 0.3) is 0 Å². The first kappa shape index (κ1) is 19.1. The number of halogens is 1. The normalized spacial score (nSPS) is 10.5. The van der Waals surface area contributed by atoms with Crippen molar-refractivity contribution in [3.8, 4) is 6.07 Å². The van der Waals surface area contributed by atoms with E-state index < -0.39 is 17.8 Å². The number of nitrogen functional groups attached to an aromatic ring is 1. The van der Waals surface area contributed by atoms with Crippen molar-refractivity contribution in [2.75, 3.05) is 12.3 Å². The number of hydrogen-bond donors (Lipinski definition) is 1. The first-order valence-corrected chi connectivity index (χ1v) is 8.36. The van der Waals surface area contributed by atoms with Gasteiger partial charge in [0.15, 0.2) is 0 Å². The highest BCUT2D eigenvalue weighted by Gasteiger charge is 2.23. The number of nitrogens with zero attached hydrogens (tertiary/aromatic N) is 1. The highest BCUT2D eigenvalue weighted by Crippen LogP contribution is 2.31. The molecule has 6 nitrogen and oxygen atoms in total. The average Bonchev–Trinajstić information content (AvgIpc) is 2.94. The van der Waals surface area contributed by atoms with Gasteiger partial charge in [0.2, 0.25) is 0 Å². The number of carbonyl (C=O) groups excluding carboxylic acids is 2. The van der Waals surface area contributed by atoms with Crippen LogP contribution in [0.5, 0.6) is 0 Å². The fourth-order valence-corrected chi connectivity index (χ4v) is 2.99. The predicted molar refractivity (Wildman–Crippen MR) is 94.6 cm³/mol. The molecule has 0 bridgehead atoms. The summed E-state index contributed by atoms with van der Waals surface area (Å²) in [4.78, 5) is 24.0. The number of carbonyl (C=O) groups is 2. The molecule has 2 rings (SSSR count). The van der Waals surface area contributed by atoms with Gasteiger partial charge in [0.05, 0.1) is 12.2 Å². The number of ether oxygens (including phenoxy) is 2. The smallest absolute Gasteiger partial charge is 0.348 e. The number of rotatable bonds is 6. The quantitative estimate of drug-likeness (QED) is 0.615. The molecule has 0 aliphatic heterocycles. The summed E-state index contributed by atoms with van der Waals surface area (Å²) in [7, 11) is 0. The lowest BCUT2D eigenvalue weighted by Gasteiger charge is -2.05. The molecule has 2 N–H and O–H groups in total. The Hall–Kier alpha value is -3.18. The van der Waals surface area contributed by atoms with Crippen molar-refractivity contribution >= 4 is 34.4 Å². The van der Waals surface area contributed by atoms with E-state index in [1.165, 1.54) is 24.3 Å². The summed E-state index contributed by atoms with van der Waals surface area (Å²) in [6.45, 7) is 1.50. The maximum absolute atomic E-state index is 13.1. The zero-order valence-electron chi connectivity index (χ0n) is 13.8. The fourth-order valence-electron chi connectivity index (χ4n) is 2.07. The molecule has 0 atom stereocenters. The van der Waals surface area contributed by atoms with Gasteiger partial charge in [-0.1, -0.05) is 12.1 Å². The van der Waals surface area contributed by atoms with Gasteiger partial charge >= 0.3 is 11.9 Å². The van der Waals surface area contributed by atoms with Gasteiger partial charge in [-0.05, 0) is 30.7 Å². The van der Waals surface area contributed by atoms with E-state index in [1.807, 2.05) is 6.07 Å². The third kappa shape index (κ3) is 4.68. The lowest BCUT2D eigenvalue weighted by atomic mass is 10.1. The van der Waals surface area contributed by atoms with Crippen LogP contribution in [-0.4, -0.2) is 18.5 Å². The standard InChI is InChI=1S/C18H15FN2O4S/c1-2-24-18(23)16-14(13(9-20)17(21)26-16)10-25-15(22)7-6-11-4-3-5-12(19)8-11/h3-8H,2,10,21H2,1H3/b7-6+. The molecule has 0 radical (unpaired) electrons. The molecule has 26 heavy (non-hydrogen) atoms. The van der Waals surface area contributed by atoms with E-state index in [0.29, 0.717) is 5.56 Å². The van der Waals surface area contributed by atoms with Gasteiger partial charge in [0.1, 0.15) is 28.4 Å². The van der Waals surface area contributed by atoms with Crippen LogP contribution in [0.2, 0.25) is 0 Å². The molecule has 0 aliphatic rings. The molecule has 0 fully saturated rings. The molecule has 1 aromatic carbocycles. The van der Waals surface area contributed by atoms with Crippen LogP contribution in [0.4, 0.5) is 9.39 Å². The summed E-state index contributed by atoms with van der Waals surface area (Å²) < 4.78 is 23.1. The molecule has 0 spiro atoms. The van der Waals surface area contributed by atoms with Crippen molar-refractivity contribution in [1.82, 2.24) is 0 Å². The maximum atomic E-state index is 13.1. The molecule has 0 amide bonds. The topological polar surface area (TPSA) is 102 Å². The van der Waals surface area contributed by atoms with Crippen LogP contribution < -0.4 is 5.73 Å². The molecule has 1 aromatic heterocycles. The van der Waals surface area contributed by atoms with Crippen molar-refractivity contribution in [2.24, 2.45) is 0 Å². The van der Waals surface area contributed by atoms with Gasteiger partial charge < -0.3 is 15.2 Å². The summed E-state index contributed by atoms with van der Waals surface area (Å²) in [6.07, 6.45) is 2.52. The second-order valence-corrected chi connectivity index (χ2v) is 6.03. The van der Waals surface area contributed by atoms with Crippen LogP contribution in [0, 0.1) is 17.1 Å². The minimum atomic E-state index is -0.710. The van der Waals surface area contributed by atoms with E-state index in [1.54, 1.807) is 13.0 Å². The summed E-state index contributed by atoms with van der Waals surface area (Å²) in [5, 5.41) is 9.35. The summed E-state index contributed by atoms with van der Waals surface area (Å²) in [5.74, 6) is -1.77. The monoisotopic (exact) mass is 374 g/mol. The number of nitriles is 1. The lowest BCUT2D eigenvalue weighted by molar-refractivity contribution is -0.138. The Morgan fingerprint density at radius 3 is 2.81 bits per heavy atom. The van der Waals surface area contributed by atoms with Gasteiger partial charge in [-0.15, -0.1) is 11.3 Å². The van der Waals surface area contributed by atoms with Crippen molar-refractivity contribution in [3.63, 3.8) is 0 Å². The highest BCUT2D eigenvalue weighted by atomic mass is 32.1. The van der Waals surface area contributed by atoms with Crippen molar-refractivity contribution in [2.45, 2.75) is 13.5 Å². The van der Waals surface area contributed by atoms with Crippen molar-refractivity contribution in [1.29, 1.82) is 5.26 Å². The Morgan fingerprint density at radius 1 is 1.38 bits per heavy atom. The van der Waals surface area contributed by atoms with Gasteiger partial charge in [-0.3, -0.25) is 0 Å². The molecule has 1 heterocycles. The Balaban J connectivity index is 2.12. The molecular weight excluding hydrogens is 359 g/mol. The van der Waals surface area contributed by atoms with Crippen LogP contribution in [0.15, 0.2) is 30.3 Å². The highest BCUT2D eigenvalue weighted by molar-refractivity contribution is 7.18. The van der Waals surface area contributed by atoms with Gasteiger partial charge in [0, 0.05) is 11.6 Å². The van der Waals surface area contributed by atoms with E-state index in [2.05, 4.69) is 0 Å². The number of benzene rings is 1. The number of nitrogens with two attached hydrogens (primary N) is 1. The zero-order valence-corrected chi connectivity index (χ0v) is 14.6. The maximum Gasteiger partial charge on any atom is 0.348 e. The average molecular weight is 374 g/mol. The Bertz CT molecular complexity index is 899. The molecule has 0 unspecified atom stereocenters. The number of anilines is 1. The Labute approximate surface area is 153 Å². The molecule has 2 aromatic rings. The summed E-state index contributed by atoms with van der Waals surface area (Å²) in [5.41, 5.74) is 6.52. The third-order valence-electron chi connectivity index (χ3n) is 3.23. The Kier molecular flexibility index (Phi) is 6.47. The second kappa shape index (κ2) is 8.78. The van der Waals surface area contributed by atoms with E-state index >= 15 is 0 Å². The first-order chi connectivity index (χ1) is 12.5. The third-order valence-corrected chi connectivity index (χ3v) is 4.27. The minimum absolute atomic E-state index is 0.0833. The first-order valence-electron chi connectivity index (χ1n) is 7.55. The largest absolute Gasteiger partial charge is 0.462 e. The van der Waals surface area contributed by atoms with Crippen molar-refractivity contribution < 1.29 is 23.5 Å². The SMILES string of the molecule is CCOC(=O)c1sc(N)c(C#N)c1COC(=O)/C=C/c1cccc(F)c1. The molecule has 0 aliphatic carbocycles. The van der Waals surface area contributed by atoms with Crippen LogP contribution in [0.3, 0.4) is 0 Å². The number of hydrogen-bond acceptors (Lipinski definition) is 7. The van der Waals surface area contributed by atoms with E-state index in [9.17, 15) is 19.2 Å². The Morgan fingerprint density at radius 2 is 2.15 bits per heavy atom. The van der Waals surface area contributed by atoms with E-state index in [4.69, 9.17) is 15.2 Å². The summed E-state index contributed by atoms with van der Waals surface area (Å²) in [6, 6.07) is 7.58. The molecule has 0 saturated heterocycles. The van der Waals surface area contributed by atoms with E-state index in [0.717, 1.165) is 17.4 Å². The zero-order chi connectivity index (χ0) is 19.1. The van der Waals surface area contributed by atoms with Crippen LogP contribution in [-0.2, 0) is 20.9 Å². The minimum Gasteiger partial charge on any atom is -0.462 e. The summed E-state index contributed by atoms with van der Waals surface area (Å²) >= 11 is 0.907. The van der Waals surface area contributed by atoms with E-state index in [-0.39, 0.29) is 34.2 Å². The van der Waals surface area contributed by atoms with Crippen LogP contribution in [0.25, 0.3) is 6.08 Å². The number of esters is 2. The van der Waals surface area contributed by atoms with Gasteiger partial charge in [-0.25, -0.2) is 14.0 Å². The number of thiophene rings is 1. The lowest BCUT2D eigenvalue weighted by Crippen LogP contribution is -2.08. The molecular formula is C18H15FN2O4S. The molecule has 8 heteroatoms. The molecule has 0 saturated carbocycles. The second-order valence-electron chi connectivity index (χ2n) is 4.98. The van der Waals surface area contributed by atoms with Crippen LogP contribution >= 0.6 is 11.3 Å². The van der Waals surface area contributed by atoms with Crippen molar-refractivity contribution in [3.05, 3.63) is 57.7 Å². The van der Waals surface area contributed by atoms with Crippen LogP contribution in [0.1, 0.15) is 33.3 Å². The predicted octanol–water partition coefficient (Wildman–Crippen LogP) is 3.27. The van der Waals surface area contributed by atoms with Gasteiger partial charge in [-0.2, -0.15) is 5.26 Å². The molecule has 134 valence electrons.